The maximum Gasteiger partial charge on any atom is 0.133 e. The van der Waals surface area contributed by atoms with Crippen molar-refractivity contribution in [2.24, 2.45) is 0 Å². The van der Waals surface area contributed by atoms with Gasteiger partial charge in [0.2, 0.25) is 0 Å². The smallest absolute Gasteiger partial charge is 0.133 e. The number of carbonyl (C=O) groups excluding carboxylic acids is 1. The first-order valence-corrected chi connectivity index (χ1v) is 6.81. The third kappa shape index (κ3) is 2.73. The van der Waals surface area contributed by atoms with Crippen molar-refractivity contribution in [1.82, 2.24) is 4.98 Å². The second-order valence-electron chi connectivity index (χ2n) is 5.20. The zero-order chi connectivity index (χ0) is 13.1. The van der Waals surface area contributed by atoms with Crippen molar-refractivity contribution in [3.05, 3.63) is 65.5 Å². The first kappa shape index (κ1) is 12.1. The average molecular weight is 251 g/mol. The second kappa shape index (κ2) is 5.35. The fourth-order valence-electron chi connectivity index (χ4n) is 2.75. The van der Waals surface area contributed by atoms with Crippen molar-refractivity contribution in [3.8, 4) is 0 Å². The van der Waals surface area contributed by atoms with Gasteiger partial charge in [-0.05, 0) is 41.5 Å². The van der Waals surface area contributed by atoms with Crippen LogP contribution in [0.2, 0.25) is 0 Å². The number of hydrogen-bond donors (Lipinski definition) is 0. The summed E-state index contributed by atoms with van der Waals surface area (Å²) in [4.78, 5) is 16.1. The van der Waals surface area contributed by atoms with E-state index in [-0.39, 0.29) is 0 Å². The van der Waals surface area contributed by atoms with Gasteiger partial charge in [-0.25, -0.2) is 0 Å². The van der Waals surface area contributed by atoms with Crippen molar-refractivity contribution in [1.29, 1.82) is 0 Å². The predicted molar refractivity (Wildman–Crippen MR) is 75.1 cm³/mol. The Labute approximate surface area is 113 Å². The van der Waals surface area contributed by atoms with Crippen LogP contribution in [0.15, 0.2) is 48.8 Å². The predicted octanol–water partition coefficient (Wildman–Crippen LogP) is 3.31. The largest absolute Gasteiger partial charge is 0.300 e. The number of ketones is 1. The monoisotopic (exact) mass is 251 g/mol. The molecule has 2 nitrogen and oxygen atoms in total. The van der Waals surface area contributed by atoms with Crippen LogP contribution < -0.4 is 0 Å². The van der Waals surface area contributed by atoms with Crippen molar-refractivity contribution in [3.63, 3.8) is 0 Å². The van der Waals surface area contributed by atoms with Gasteiger partial charge >= 0.3 is 0 Å². The summed E-state index contributed by atoms with van der Waals surface area (Å²) in [5, 5.41) is 0. The van der Waals surface area contributed by atoms with Crippen molar-refractivity contribution in [2.45, 2.75) is 31.6 Å². The minimum Gasteiger partial charge on any atom is -0.300 e. The number of aryl methyl sites for hydroxylation is 1. The molecular formula is C17H17NO. The molecular weight excluding hydrogens is 234 g/mol. The molecule has 0 aliphatic heterocycles. The standard InChI is InChI=1S/C17H17NO/c19-16(8-7-13-4-3-9-18-12-13)11-15-10-14-5-1-2-6-17(14)15/h1-6,9,12,15H,7-8,10-11H2. The quantitative estimate of drug-likeness (QED) is 0.816. The van der Waals surface area contributed by atoms with Gasteiger partial charge in [-0.3, -0.25) is 9.78 Å². The molecule has 0 saturated carbocycles. The first-order valence-electron chi connectivity index (χ1n) is 6.81. The number of fused-ring (bicyclic) bond motifs is 1. The Morgan fingerprint density at radius 1 is 1.21 bits per heavy atom. The summed E-state index contributed by atoms with van der Waals surface area (Å²) in [6.07, 6.45) is 6.79. The molecule has 19 heavy (non-hydrogen) atoms. The van der Waals surface area contributed by atoms with E-state index in [0.29, 0.717) is 24.5 Å². The molecule has 0 fully saturated rings. The maximum absolute atomic E-state index is 12.0. The second-order valence-corrected chi connectivity index (χ2v) is 5.20. The van der Waals surface area contributed by atoms with Gasteiger partial charge < -0.3 is 0 Å². The fourth-order valence-corrected chi connectivity index (χ4v) is 2.75. The van der Waals surface area contributed by atoms with E-state index in [0.717, 1.165) is 18.4 Å². The van der Waals surface area contributed by atoms with E-state index in [1.165, 1.54) is 11.1 Å². The number of Topliss-reactive ketones (excluding diaryl/α,β-unsaturated/α-hetero) is 1. The highest BCUT2D eigenvalue weighted by Gasteiger charge is 2.26. The Bertz CT molecular complexity index is 577. The highest BCUT2D eigenvalue weighted by Crippen LogP contribution is 2.37. The Balaban J connectivity index is 1.51. The summed E-state index contributed by atoms with van der Waals surface area (Å²) in [6, 6.07) is 12.4. The fraction of sp³-hybridized carbons (Fsp3) is 0.294. The summed E-state index contributed by atoms with van der Waals surface area (Å²) in [7, 11) is 0. The van der Waals surface area contributed by atoms with Gasteiger partial charge in [-0.2, -0.15) is 0 Å². The van der Waals surface area contributed by atoms with Gasteiger partial charge in [-0.15, -0.1) is 0 Å². The van der Waals surface area contributed by atoms with Crippen LogP contribution in [0.4, 0.5) is 0 Å². The Morgan fingerprint density at radius 3 is 2.89 bits per heavy atom. The van der Waals surface area contributed by atoms with Crippen LogP contribution in [0.1, 0.15) is 35.4 Å². The van der Waals surface area contributed by atoms with E-state index in [1.54, 1.807) is 6.20 Å². The van der Waals surface area contributed by atoms with Gasteiger partial charge in [0.1, 0.15) is 5.78 Å². The van der Waals surface area contributed by atoms with E-state index in [1.807, 2.05) is 18.3 Å². The normalized spacial score (nSPS) is 16.5. The highest BCUT2D eigenvalue weighted by atomic mass is 16.1. The number of nitrogens with zero attached hydrogens (tertiary/aromatic N) is 1. The molecule has 0 spiro atoms. The molecule has 1 aromatic heterocycles. The summed E-state index contributed by atoms with van der Waals surface area (Å²) >= 11 is 0. The Morgan fingerprint density at radius 2 is 2.11 bits per heavy atom. The lowest BCUT2D eigenvalue weighted by Crippen LogP contribution is -2.20. The van der Waals surface area contributed by atoms with E-state index in [9.17, 15) is 4.79 Å². The van der Waals surface area contributed by atoms with Crippen LogP contribution >= 0.6 is 0 Å². The average Bonchev–Trinajstić information content (AvgIpc) is 2.44. The minimum absolute atomic E-state index is 0.364. The number of rotatable bonds is 5. The molecule has 1 aromatic carbocycles. The summed E-state index contributed by atoms with van der Waals surface area (Å²) < 4.78 is 0. The molecule has 2 aromatic rings. The third-order valence-electron chi connectivity index (χ3n) is 3.85. The van der Waals surface area contributed by atoms with Gasteiger partial charge in [0, 0.05) is 25.2 Å². The van der Waals surface area contributed by atoms with Crippen molar-refractivity contribution in [2.75, 3.05) is 0 Å². The lowest BCUT2D eigenvalue weighted by Gasteiger charge is -2.29. The van der Waals surface area contributed by atoms with Crippen molar-refractivity contribution >= 4 is 5.78 Å². The van der Waals surface area contributed by atoms with Crippen LogP contribution in [0, 0.1) is 0 Å². The molecule has 0 saturated heterocycles. The topological polar surface area (TPSA) is 30.0 Å². The van der Waals surface area contributed by atoms with Crippen LogP contribution in [0.3, 0.4) is 0 Å². The number of hydrogen-bond acceptors (Lipinski definition) is 2. The summed E-state index contributed by atoms with van der Waals surface area (Å²) in [6.45, 7) is 0. The van der Waals surface area contributed by atoms with Gasteiger partial charge in [0.05, 0.1) is 0 Å². The van der Waals surface area contributed by atoms with Crippen LogP contribution in [0.25, 0.3) is 0 Å². The molecule has 1 unspecified atom stereocenters. The molecule has 0 N–H and O–H groups in total. The highest BCUT2D eigenvalue weighted by molar-refractivity contribution is 5.80. The molecule has 96 valence electrons. The third-order valence-corrected chi connectivity index (χ3v) is 3.85. The van der Waals surface area contributed by atoms with Crippen LogP contribution in [0.5, 0.6) is 0 Å². The zero-order valence-corrected chi connectivity index (χ0v) is 10.9. The molecule has 0 amide bonds. The van der Waals surface area contributed by atoms with E-state index in [2.05, 4.69) is 29.2 Å². The first-order chi connectivity index (χ1) is 9.33. The lowest BCUT2D eigenvalue weighted by molar-refractivity contribution is -0.119. The molecule has 1 atom stereocenters. The molecule has 0 bridgehead atoms. The van der Waals surface area contributed by atoms with E-state index in [4.69, 9.17) is 0 Å². The molecule has 0 radical (unpaired) electrons. The number of aromatic nitrogens is 1. The molecule has 1 aliphatic rings. The Hall–Kier alpha value is -1.96. The van der Waals surface area contributed by atoms with E-state index < -0.39 is 0 Å². The molecule has 3 rings (SSSR count). The van der Waals surface area contributed by atoms with Crippen LogP contribution in [-0.4, -0.2) is 10.8 Å². The van der Waals surface area contributed by atoms with Crippen LogP contribution in [-0.2, 0) is 17.6 Å². The Kier molecular flexibility index (Phi) is 3.41. The van der Waals surface area contributed by atoms with Gasteiger partial charge in [0.15, 0.2) is 0 Å². The summed E-state index contributed by atoms with van der Waals surface area (Å²) in [5.41, 5.74) is 3.93. The summed E-state index contributed by atoms with van der Waals surface area (Å²) in [5.74, 6) is 0.820. The van der Waals surface area contributed by atoms with Crippen molar-refractivity contribution < 1.29 is 4.79 Å². The van der Waals surface area contributed by atoms with Gasteiger partial charge in [0.25, 0.3) is 0 Å². The zero-order valence-electron chi connectivity index (χ0n) is 10.9. The number of carbonyl (C=O) groups is 1. The number of pyridine rings is 1. The molecule has 1 heterocycles. The number of benzene rings is 1. The SMILES string of the molecule is O=C(CCc1cccnc1)CC1Cc2ccccc21. The molecule has 1 aliphatic carbocycles. The minimum atomic E-state index is 0.364. The maximum atomic E-state index is 12.0. The lowest BCUT2D eigenvalue weighted by atomic mass is 9.75. The van der Waals surface area contributed by atoms with E-state index >= 15 is 0 Å². The molecule has 2 heteroatoms. The van der Waals surface area contributed by atoms with Gasteiger partial charge in [-0.1, -0.05) is 30.3 Å².